The fourth-order valence-electron chi connectivity index (χ4n) is 2.00. The van der Waals surface area contributed by atoms with E-state index in [1.807, 2.05) is 0 Å². The molecule has 0 aliphatic heterocycles. The Kier molecular flexibility index (Phi) is 4.42. The van der Waals surface area contributed by atoms with Crippen LogP contribution in [0.1, 0.15) is 17.2 Å². The average molecular weight is 275 g/mol. The standard InChI is InChI=1S/C15H17NO4/c1-18-10-4-5-11(13(8-10)19-2)15(17)12-6-7-16-9-14(12)20-3/h4-9,15,17H,1-3H3. The Bertz CT molecular complexity index is 586. The van der Waals surface area contributed by atoms with Crippen molar-refractivity contribution in [2.24, 2.45) is 0 Å². The third-order valence-electron chi connectivity index (χ3n) is 3.07. The number of pyridine rings is 1. The Morgan fingerprint density at radius 2 is 1.65 bits per heavy atom. The van der Waals surface area contributed by atoms with Gasteiger partial charge >= 0.3 is 0 Å². The van der Waals surface area contributed by atoms with E-state index in [2.05, 4.69) is 4.98 Å². The van der Waals surface area contributed by atoms with E-state index >= 15 is 0 Å². The quantitative estimate of drug-likeness (QED) is 0.906. The summed E-state index contributed by atoms with van der Waals surface area (Å²) in [6.45, 7) is 0. The van der Waals surface area contributed by atoms with Crippen LogP contribution in [0.2, 0.25) is 0 Å². The fourth-order valence-corrected chi connectivity index (χ4v) is 2.00. The summed E-state index contributed by atoms with van der Waals surface area (Å²) in [7, 11) is 4.67. The van der Waals surface area contributed by atoms with Gasteiger partial charge in [0, 0.05) is 23.4 Å². The second-order valence-electron chi connectivity index (χ2n) is 4.13. The molecule has 0 aliphatic rings. The van der Waals surface area contributed by atoms with Gasteiger partial charge in [-0.25, -0.2) is 0 Å². The second-order valence-corrected chi connectivity index (χ2v) is 4.13. The van der Waals surface area contributed by atoms with Crippen LogP contribution >= 0.6 is 0 Å². The molecule has 5 nitrogen and oxygen atoms in total. The van der Waals surface area contributed by atoms with E-state index in [1.165, 1.54) is 0 Å². The normalized spacial score (nSPS) is 11.8. The topological polar surface area (TPSA) is 60.8 Å². The molecule has 106 valence electrons. The van der Waals surface area contributed by atoms with Crippen LogP contribution in [0.15, 0.2) is 36.7 Å². The average Bonchev–Trinajstić information content (AvgIpc) is 2.53. The number of hydrogen-bond donors (Lipinski definition) is 1. The molecule has 0 saturated carbocycles. The zero-order chi connectivity index (χ0) is 14.5. The highest BCUT2D eigenvalue weighted by Gasteiger charge is 2.19. The Labute approximate surface area is 117 Å². The molecule has 2 rings (SSSR count). The Hall–Kier alpha value is -2.27. The van der Waals surface area contributed by atoms with Crippen LogP contribution < -0.4 is 14.2 Å². The van der Waals surface area contributed by atoms with Gasteiger partial charge in [-0.05, 0) is 18.2 Å². The van der Waals surface area contributed by atoms with E-state index in [1.54, 1.807) is 58.0 Å². The Morgan fingerprint density at radius 1 is 0.950 bits per heavy atom. The van der Waals surface area contributed by atoms with E-state index < -0.39 is 6.10 Å². The Morgan fingerprint density at radius 3 is 2.30 bits per heavy atom. The van der Waals surface area contributed by atoms with E-state index in [4.69, 9.17) is 14.2 Å². The molecule has 0 spiro atoms. The van der Waals surface area contributed by atoms with E-state index in [0.29, 0.717) is 28.4 Å². The van der Waals surface area contributed by atoms with E-state index in [-0.39, 0.29) is 0 Å². The van der Waals surface area contributed by atoms with Crippen LogP contribution in [0.5, 0.6) is 17.2 Å². The van der Waals surface area contributed by atoms with E-state index in [0.717, 1.165) is 0 Å². The number of benzene rings is 1. The zero-order valence-corrected chi connectivity index (χ0v) is 11.7. The maximum Gasteiger partial charge on any atom is 0.143 e. The molecule has 0 saturated heterocycles. The highest BCUT2D eigenvalue weighted by atomic mass is 16.5. The summed E-state index contributed by atoms with van der Waals surface area (Å²) in [4.78, 5) is 3.97. The molecular weight excluding hydrogens is 258 g/mol. The summed E-state index contributed by atoms with van der Waals surface area (Å²) in [5.74, 6) is 1.74. The molecule has 0 amide bonds. The molecule has 1 atom stereocenters. The third kappa shape index (κ3) is 2.67. The van der Waals surface area contributed by atoms with Crippen LogP contribution in [-0.4, -0.2) is 31.4 Å². The first-order chi connectivity index (χ1) is 9.71. The number of aliphatic hydroxyl groups is 1. The smallest absolute Gasteiger partial charge is 0.143 e. The third-order valence-corrected chi connectivity index (χ3v) is 3.07. The number of rotatable bonds is 5. The van der Waals surface area contributed by atoms with Crippen LogP contribution in [0.4, 0.5) is 0 Å². The summed E-state index contributed by atoms with van der Waals surface area (Å²) in [5, 5.41) is 10.6. The van der Waals surface area contributed by atoms with Crippen molar-refractivity contribution >= 4 is 0 Å². The van der Waals surface area contributed by atoms with Gasteiger partial charge in [0.2, 0.25) is 0 Å². The molecule has 1 aromatic carbocycles. The number of hydrogen-bond acceptors (Lipinski definition) is 5. The molecule has 1 N–H and O–H groups in total. The predicted molar refractivity (Wildman–Crippen MR) is 74.4 cm³/mol. The van der Waals surface area contributed by atoms with Crippen molar-refractivity contribution < 1.29 is 19.3 Å². The minimum Gasteiger partial charge on any atom is -0.497 e. The summed E-state index contributed by atoms with van der Waals surface area (Å²) in [6, 6.07) is 6.98. The fraction of sp³-hybridized carbons (Fsp3) is 0.267. The molecule has 1 heterocycles. The number of aliphatic hydroxyl groups excluding tert-OH is 1. The predicted octanol–water partition coefficient (Wildman–Crippen LogP) is 2.19. The maximum absolute atomic E-state index is 10.6. The molecule has 1 aromatic heterocycles. The Balaban J connectivity index is 2.45. The zero-order valence-electron chi connectivity index (χ0n) is 11.7. The van der Waals surface area contributed by atoms with Gasteiger partial charge in [-0.3, -0.25) is 4.98 Å². The molecule has 2 aromatic rings. The molecule has 20 heavy (non-hydrogen) atoms. The molecule has 0 fully saturated rings. The van der Waals surface area contributed by atoms with Gasteiger partial charge in [-0.15, -0.1) is 0 Å². The van der Waals surface area contributed by atoms with Crippen LogP contribution in [0.3, 0.4) is 0 Å². The minimum atomic E-state index is -0.867. The minimum absolute atomic E-state index is 0.526. The SMILES string of the molecule is COc1ccc(C(O)c2ccncc2OC)c(OC)c1. The first-order valence-electron chi connectivity index (χ1n) is 6.09. The van der Waals surface area contributed by atoms with Crippen molar-refractivity contribution in [3.8, 4) is 17.2 Å². The van der Waals surface area contributed by atoms with Crippen molar-refractivity contribution in [3.63, 3.8) is 0 Å². The van der Waals surface area contributed by atoms with Gasteiger partial charge in [-0.1, -0.05) is 0 Å². The van der Waals surface area contributed by atoms with Crippen molar-refractivity contribution in [2.75, 3.05) is 21.3 Å². The summed E-state index contributed by atoms with van der Waals surface area (Å²) in [6.07, 6.45) is 2.31. The molecule has 5 heteroatoms. The lowest BCUT2D eigenvalue weighted by atomic mass is 10.0. The number of methoxy groups -OCH3 is 3. The van der Waals surface area contributed by atoms with Gasteiger partial charge in [0.15, 0.2) is 0 Å². The molecule has 1 unspecified atom stereocenters. The van der Waals surface area contributed by atoms with Gasteiger partial charge in [0.25, 0.3) is 0 Å². The summed E-state index contributed by atoms with van der Waals surface area (Å²) >= 11 is 0. The lowest BCUT2D eigenvalue weighted by Crippen LogP contribution is -2.05. The first kappa shape index (κ1) is 14.1. The van der Waals surface area contributed by atoms with Gasteiger partial charge in [0.05, 0.1) is 27.5 Å². The maximum atomic E-state index is 10.6. The largest absolute Gasteiger partial charge is 0.497 e. The summed E-state index contributed by atoms with van der Waals surface area (Å²) in [5.41, 5.74) is 1.27. The number of aromatic nitrogens is 1. The van der Waals surface area contributed by atoms with Crippen LogP contribution in [0, 0.1) is 0 Å². The van der Waals surface area contributed by atoms with Gasteiger partial charge in [0.1, 0.15) is 23.4 Å². The van der Waals surface area contributed by atoms with Crippen LogP contribution in [-0.2, 0) is 0 Å². The second kappa shape index (κ2) is 6.25. The lowest BCUT2D eigenvalue weighted by Gasteiger charge is -2.17. The highest BCUT2D eigenvalue weighted by molar-refractivity contribution is 5.47. The first-order valence-corrected chi connectivity index (χ1v) is 6.09. The molecule has 0 aliphatic carbocycles. The van der Waals surface area contributed by atoms with Crippen molar-refractivity contribution in [3.05, 3.63) is 47.8 Å². The number of ether oxygens (including phenoxy) is 3. The van der Waals surface area contributed by atoms with Gasteiger partial charge < -0.3 is 19.3 Å². The van der Waals surface area contributed by atoms with Gasteiger partial charge in [-0.2, -0.15) is 0 Å². The van der Waals surface area contributed by atoms with Crippen LogP contribution in [0.25, 0.3) is 0 Å². The molecule has 0 bridgehead atoms. The van der Waals surface area contributed by atoms with Crippen molar-refractivity contribution in [2.45, 2.75) is 6.10 Å². The highest BCUT2D eigenvalue weighted by Crippen LogP contribution is 2.35. The molecule has 0 radical (unpaired) electrons. The molecular formula is C15H17NO4. The van der Waals surface area contributed by atoms with Crippen molar-refractivity contribution in [1.82, 2.24) is 4.98 Å². The summed E-state index contributed by atoms with van der Waals surface area (Å²) < 4.78 is 15.7. The monoisotopic (exact) mass is 275 g/mol. The van der Waals surface area contributed by atoms with E-state index in [9.17, 15) is 5.11 Å². The lowest BCUT2D eigenvalue weighted by molar-refractivity contribution is 0.209. The van der Waals surface area contributed by atoms with Crippen molar-refractivity contribution in [1.29, 1.82) is 0 Å². The number of nitrogens with zero attached hydrogens (tertiary/aromatic N) is 1.